The number of hydrogen-bond acceptors (Lipinski definition) is 0. The van der Waals surface area contributed by atoms with E-state index in [1.54, 1.807) is 0 Å². The van der Waals surface area contributed by atoms with Gasteiger partial charge in [-0.25, -0.2) is 0 Å². The predicted molar refractivity (Wildman–Crippen MR) is 123 cm³/mol. The highest BCUT2D eigenvalue weighted by Gasteiger charge is 2.27. The highest BCUT2D eigenvalue weighted by Crippen LogP contribution is 2.54. The van der Waals surface area contributed by atoms with Crippen LogP contribution in [0, 0.1) is 0 Å². The summed E-state index contributed by atoms with van der Waals surface area (Å²) >= 11 is 29.8. The standard InChI is InChI=1S/C14H4Br8/c15-4-2-1-3-5(9(4)17)10(18)7-6(8(3)16)11(19)13(21)14(22)12(7)20/h1-2H2. The zero-order valence-corrected chi connectivity index (χ0v) is 23.1. The molecule has 116 valence electrons. The van der Waals surface area contributed by atoms with Crippen LogP contribution < -0.4 is 0 Å². The van der Waals surface area contributed by atoms with E-state index >= 15 is 0 Å². The SMILES string of the molecule is BrC1=C(Br)c2c(c(Br)c3c(Br)c(Br)c(Br)c(Br)c3c2Br)CC1. The van der Waals surface area contributed by atoms with Gasteiger partial charge in [-0.1, -0.05) is 15.9 Å². The molecule has 0 saturated heterocycles. The largest absolute Gasteiger partial charge is 0.0544 e. The summed E-state index contributed by atoms with van der Waals surface area (Å²) in [6.07, 6.45) is 1.97. The second-order valence-electron chi connectivity index (χ2n) is 4.71. The first kappa shape index (κ1) is 19.1. The zero-order valence-electron chi connectivity index (χ0n) is 10.4. The topological polar surface area (TPSA) is 0 Å². The first-order valence-corrected chi connectivity index (χ1v) is 12.3. The van der Waals surface area contributed by atoms with Crippen molar-refractivity contribution in [3.8, 4) is 0 Å². The third-order valence-electron chi connectivity index (χ3n) is 3.54. The van der Waals surface area contributed by atoms with Crippen molar-refractivity contribution in [2.75, 3.05) is 0 Å². The lowest BCUT2D eigenvalue weighted by Gasteiger charge is -2.24. The molecule has 0 heterocycles. The summed E-state index contributed by atoms with van der Waals surface area (Å²) in [5.41, 5.74) is 2.50. The lowest BCUT2D eigenvalue weighted by atomic mass is 9.93. The van der Waals surface area contributed by atoms with E-state index in [0.717, 1.165) is 54.9 Å². The lowest BCUT2D eigenvalue weighted by Crippen LogP contribution is -2.03. The molecule has 1 aliphatic rings. The van der Waals surface area contributed by atoms with Gasteiger partial charge < -0.3 is 0 Å². The number of halogens is 8. The van der Waals surface area contributed by atoms with E-state index in [4.69, 9.17) is 0 Å². The molecule has 0 bridgehead atoms. The Morgan fingerprint density at radius 1 is 0.500 bits per heavy atom. The molecule has 0 saturated carbocycles. The number of fused-ring (bicyclic) bond motifs is 2. The lowest BCUT2D eigenvalue weighted by molar-refractivity contribution is 0.969. The third kappa shape index (κ3) is 2.87. The number of hydrogen-bond donors (Lipinski definition) is 0. The van der Waals surface area contributed by atoms with Gasteiger partial charge in [0.25, 0.3) is 0 Å². The zero-order chi connectivity index (χ0) is 16.3. The molecule has 0 aliphatic heterocycles. The maximum atomic E-state index is 3.83. The van der Waals surface area contributed by atoms with Gasteiger partial charge in [0.1, 0.15) is 0 Å². The second-order valence-corrected chi connectivity index (χ2v) is 11.2. The van der Waals surface area contributed by atoms with Crippen molar-refractivity contribution in [2.45, 2.75) is 12.8 Å². The summed E-state index contributed by atoms with van der Waals surface area (Å²) in [5, 5.41) is 2.26. The van der Waals surface area contributed by atoms with Gasteiger partial charge in [-0.15, -0.1) is 0 Å². The van der Waals surface area contributed by atoms with Gasteiger partial charge in [0, 0.05) is 52.1 Å². The maximum Gasteiger partial charge on any atom is 0.0477 e. The normalized spacial score (nSPS) is 14.7. The number of benzene rings is 2. The first-order chi connectivity index (χ1) is 10.3. The molecule has 0 fully saturated rings. The van der Waals surface area contributed by atoms with Crippen LogP contribution in [0.15, 0.2) is 31.3 Å². The van der Waals surface area contributed by atoms with E-state index in [9.17, 15) is 0 Å². The van der Waals surface area contributed by atoms with Crippen molar-refractivity contribution in [1.82, 2.24) is 0 Å². The summed E-state index contributed by atoms with van der Waals surface area (Å²) in [5.74, 6) is 0. The van der Waals surface area contributed by atoms with E-state index in [0.29, 0.717) is 0 Å². The fourth-order valence-electron chi connectivity index (χ4n) is 2.51. The van der Waals surface area contributed by atoms with Crippen molar-refractivity contribution >= 4 is 143 Å². The summed E-state index contributed by atoms with van der Waals surface area (Å²) in [6.45, 7) is 0. The van der Waals surface area contributed by atoms with Crippen molar-refractivity contribution < 1.29 is 0 Å². The molecule has 0 atom stereocenters. The minimum atomic E-state index is 0.981. The van der Waals surface area contributed by atoms with E-state index in [-0.39, 0.29) is 0 Å². The van der Waals surface area contributed by atoms with Crippen LogP contribution in [-0.2, 0) is 6.42 Å². The van der Waals surface area contributed by atoms with E-state index in [2.05, 4.69) is 127 Å². The van der Waals surface area contributed by atoms with Crippen LogP contribution in [0.25, 0.3) is 15.3 Å². The Morgan fingerprint density at radius 3 is 1.55 bits per heavy atom. The molecule has 3 rings (SSSR count). The summed E-state index contributed by atoms with van der Waals surface area (Å²) in [4.78, 5) is 0. The van der Waals surface area contributed by atoms with Gasteiger partial charge in [0.15, 0.2) is 0 Å². The molecule has 2 aromatic rings. The highest BCUT2D eigenvalue weighted by atomic mass is 79.9. The van der Waals surface area contributed by atoms with Crippen LogP contribution in [0.2, 0.25) is 0 Å². The maximum absolute atomic E-state index is 3.83. The molecule has 2 aromatic carbocycles. The molecule has 0 aromatic heterocycles. The average molecular weight is 811 g/mol. The summed E-state index contributed by atoms with van der Waals surface area (Å²) < 4.78 is 8.50. The predicted octanol–water partition coefficient (Wildman–Crippen LogP) is 9.82. The monoisotopic (exact) mass is 803 g/mol. The first-order valence-electron chi connectivity index (χ1n) is 5.97. The van der Waals surface area contributed by atoms with E-state index in [1.807, 2.05) is 0 Å². The molecular weight excluding hydrogens is 807 g/mol. The van der Waals surface area contributed by atoms with Gasteiger partial charge >= 0.3 is 0 Å². The van der Waals surface area contributed by atoms with Gasteiger partial charge in [-0.05, 0) is 130 Å². The van der Waals surface area contributed by atoms with Crippen LogP contribution in [0.3, 0.4) is 0 Å². The van der Waals surface area contributed by atoms with Crippen LogP contribution in [0.5, 0.6) is 0 Å². The van der Waals surface area contributed by atoms with Gasteiger partial charge in [-0.2, -0.15) is 0 Å². The van der Waals surface area contributed by atoms with Gasteiger partial charge in [-0.3, -0.25) is 0 Å². The van der Waals surface area contributed by atoms with Crippen LogP contribution in [0.1, 0.15) is 17.5 Å². The van der Waals surface area contributed by atoms with E-state index in [1.165, 1.54) is 15.6 Å². The molecule has 0 N–H and O–H groups in total. The van der Waals surface area contributed by atoms with Crippen molar-refractivity contribution in [3.05, 3.63) is 42.4 Å². The molecule has 22 heavy (non-hydrogen) atoms. The Balaban J connectivity index is 2.62. The smallest absolute Gasteiger partial charge is 0.0477 e. The van der Waals surface area contributed by atoms with Crippen molar-refractivity contribution in [1.29, 1.82) is 0 Å². The third-order valence-corrected chi connectivity index (χ3v) is 12.2. The Labute approximate surface area is 195 Å². The van der Waals surface area contributed by atoms with Gasteiger partial charge in [0.05, 0.1) is 0 Å². The molecule has 0 unspecified atom stereocenters. The van der Waals surface area contributed by atoms with E-state index < -0.39 is 0 Å². The molecular formula is C14H4Br8. The fraction of sp³-hybridized carbons (Fsp3) is 0.143. The average Bonchev–Trinajstić information content (AvgIpc) is 2.49. The highest BCUT2D eigenvalue weighted by molar-refractivity contribution is 9.17. The van der Waals surface area contributed by atoms with Crippen molar-refractivity contribution in [3.63, 3.8) is 0 Å². The molecule has 0 amide bonds. The van der Waals surface area contributed by atoms with Crippen LogP contribution in [0.4, 0.5) is 0 Å². The molecule has 0 spiro atoms. The number of allylic oxidation sites excluding steroid dienone is 1. The summed E-state index contributed by atoms with van der Waals surface area (Å²) in [6, 6.07) is 0. The Bertz CT molecular complexity index is 866. The molecule has 8 heteroatoms. The fourth-order valence-corrected chi connectivity index (χ4v) is 8.48. The second kappa shape index (κ2) is 7.12. The van der Waals surface area contributed by atoms with Crippen molar-refractivity contribution in [2.24, 2.45) is 0 Å². The van der Waals surface area contributed by atoms with Crippen LogP contribution >= 0.6 is 127 Å². The minimum Gasteiger partial charge on any atom is -0.0544 e. The minimum absolute atomic E-state index is 0.981. The quantitative estimate of drug-likeness (QED) is 0.184. The Morgan fingerprint density at radius 2 is 1.00 bits per heavy atom. The number of rotatable bonds is 0. The molecule has 0 radical (unpaired) electrons. The van der Waals surface area contributed by atoms with Crippen LogP contribution in [-0.4, -0.2) is 0 Å². The summed E-state index contributed by atoms with van der Waals surface area (Å²) in [7, 11) is 0. The Kier molecular flexibility index (Phi) is 6.17. The Hall–Kier alpha value is 2.28. The molecule has 0 nitrogen and oxygen atoms in total. The van der Waals surface area contributed by atoms with Gasteiger partial charge in [0.2, 0.25) is 0 Å². The molecule has 1 aliphatic carbocycles.